The number of aromatic nitrogens is 4. The number of nitrogen functional groups attached to an aromatic ring is 1. The van der Waals surface area contributed by atoms with Crippen LogP contribution in [0.3, 0.4) is 0 Å². The fourth-order valence-corrected chi connectivity index (χ4v) is 9.88. The van der Waals surface area contributed by atoms with Crippen LogP contribution in [-0.4, -0.2) is 73.7 Å². The zero-order valence-electron chi connectivity index (χ0n) is 34.1. The van der Waals surface area contributed by atoms with Gasteiger partial charge in [0.1, 0.15) is 22.9 Å². The molecule has 1 fully saturated rings. The molecule has 314 valence electrons. The fraction of sp³-hybridized carbons (Fsp3) is 0.356. The van der Waals surface area contributed by atoms with Crippen molar-refractivity contribution in [3.05, 3.63) is 92.1 Å². The number of carbonyl (C=O) groups excluding carboxylic acids is 3. The highest BCUT2D eigenvalue weighted by atomic mass is 32.1. The second-order valence-corrected chi connectivity index (χ2v) is 16.7. The SMILES string of the molecule is CCNC(=O)c1cc2c(-c3cccc(OCCC4CCN(C(=O)O[C@@]5(CC)C(=O)OCc6c5cc5n(c6=O)Cc6c-5nc5ccc(O)cc5c6CC)CC4)c3)nc(N)nc2s1. The molecule has 4 N–H and O–H groups in total. The minimum Gasteiger partial charge on any atom is -0.508 e. The van der Waals surface area contributed by atoms with Crippen molar-refractivity contribution < 1.29 is 33.7 Å². The van der Waals surface area contributed by atoms with Gasteiger partial charge in [-0.1, -0.05) is 26.0 Å². The van der Waals surface area contributed by atoms with Crippen molar-refractivity contribution in [2.45, 2.75) is 71.6 Å². The Bertz CT molecular complexity index is 2830. The first kappa shape index (κ1) is 39.9. The molecule has 15 nitrogen and oxygen atoms in total. The number of benzene rings is 2. The molecule has 0 aliphatic carbocycles. The molecule has 2 aromatic carbocycles. The van der Waals surface area contributed by atoms with Crippen LogP contribution in [0.1, 0.15) is 78.4 Å². The third kappa shape index (κ3) is 6.97. The van der Waals surface area contributed by atoms with E-state index in [4.69, 9.17) is 24.9 Å². The van der Waals surface area contributed by atoms with Gasteiger partial charge in [-0.15, -0.1) is 11.3 Å². The minimum atomic E-state index is -1.81. The van der Waals surface area contributed by atoms with Gasteiger partial charge in [-0.2, -0.15) is 0 Å². The Hall–Kier alpha value is -6.55. The molecule has 3 aliphatic rings. The van der Waals surface area contributed by atoms with Crippen LogP contribution >= 0.6 is 11.3 Å². The molecule has 4 aromatic heterocycles. The van der Waals surface area contributed by atoms with E-state index in [2.05, 4.69) is 15.3 Å². The average molecular weight is 844 g/mol. The Morgan fingerprint density at radius 1 is 1.00 bits per heavy atom. The van der Waals surface area contributed by atoms with E-state index in [9.17, 15) is 24.3 Å². The number of phenols is 1. The summed E-state index contributed by atoms with van der Waals surface area (Å²) in [6, 6.07) is 16.2. The van der Waals surface area contributed by atoms with Crippen LogP contribution in [0.15, 0.2) is 59.4 Å². The predicted octanol–water partition coefficient (Wildman–Crippen LogP) is 6.68. The summed E-state index contributed by atoms with van der Waals surface area (Å²) in [5, 5.41) is 14.6. The summed E-state index contributed by atoms with van der Waals surface area (Å²) in [7, 11) is 0. The van der Waals surface area contributed by atoms with E-state index in [0.29, 0.717) is 89.1 Å². The topological polar surface area (TPSA) is 201 Å². The Morgan fingerprint density at radius 2 is 1.82 bits per heavy atom. The molecule has 3 aliphatic heterocycles. The summed E-state index contributed by atoms with van der Waals surface area (Å²) < 4.78 is 19.6. The number of ether oxygens (including phenoxy) is 3. The highest BCUT2D eigenvalue weighted by molar-refractivity contribution is 7.20. The fourth-order valence-electron chi connectivity index (χ4n) is 8.92. The number of aromatic hydroxyl groups is 1. The number of nitrogens with two attached hydrogens (primary N) is 1. The number of amides is 2. The monoisotopic (exact) mass is 843 g/mol. The molecule has 2 amide bonds. The van der Waals surface area contributed by atoms with E-state index < -0.39 is 17.7 Å². The number of hydrogen-bond donors (Lipinski definition) is 3. The number of rotatable bonds is 10. The van der Waals surface area contributed by atoms with E-state index >= 15 is 0 Å². The summed E-state index contributed by atoms with van der Waals surface area (Å²) in [6.07, 6.45) is 2.28. The van der Waals surface area contributed by atoms with Gasteiger partial charge in [0, 0.05) is 47.1 Å². The van der Waals surface area contributed by atoms with Gasteiger partial charge >= 0.3 is 12.1 Å². The second kappa shape index (κ2) is 15.8. The summed E-state index contributed by atoms with van der Waals surface area (Å²) >= 11 is 1.27. The van der Waals surface area contributed by atoms with E-state index in [1.165, 1.54) is 11.3 Å². The van der Waals surface area contributed by atoms with Crippen molar-refractivity contribution in [3.8, 4) is 34.1 Å². The average Bonchev–Trinajstić information content (AvgIpc) is 3.86. The minimum absolute atomic E-state index is 0.0693. The number of nitrogens with one attached hydrogen (secondary N) is 1. The smallest absolute Gasteiger partial charge is 0.411 e. The Labute approximate surface area is 354 Å². The molecule has 0 spiro atoms. The van der Waals surface area contributed by atoms with Crippen LogP contribution in [0.5, 0.6) is 11.5 Å². The number of aryl methyl sites for hydroxylation is 1. The number of hydrogen-bond acceptors (Lipinski definition) is 13. The molecule has 61 heavy (non-hydrogen) atoms. The third-order valence-electron chi connectivity index (χ3n) is 12.1. The lowest BCUT2D eigenvalue weighted by Gasteiger charge is -2.38. The standard InChI is InChI=1S/C45H45N7O8S/c1-4-28-29-19-26(53)10-11-34(29)48-38-31(28)22-52-35(38)21-33-32(41(52)55)23-59-42(56)45(33,5-2)60-44(57)51-15-12-24(13-16-51)14-17-58-27-9-7-8-25(18-27)37-30-20-36(39(54)47-6-3)61-40(30)50-43(46)49-37/h7-11,18-21,24,53H,4-6,12-17,22-23H2,1-3H3,(H,47,54)(H2,46,49,50)/t45-/m1/s1. The van der Waals surface area contributed by atoms with Crippen LogP contribution < -0.4 is 21.3 Å². The van der Waals surface area contributed by atoms with Gasteiger partial charge in [-0.05, 0) is 93.0 Å². The number of phenolic OH excluding ortho intramolecular Hbond substituents is 1. The maximum absolute atomic E-state index is 14.1. The summed E-state index contributed by atoms with van der Waals surface area (Å²) in [5.41, 5.74) is 9.69. The molecule has 1 saturated heterocycles. The number of anilines is 1. The maximum Gasteiger partial charge on any atom is 0.411 e. The second-order valence-electron chi connectivity index (χ2n) is 15.6. The highest BCUT2D eigenvalue weighted by Gasteiger charge is 2.51. The molecule has 0 radical (unpaired) electrons. The van der Waals surface area contributed by atoms with Crippen LogP contribution in [0, 0.1) is 5.92 Å². The van der Waals surface area contributed by atoms with Gasteiger partial charge in [0.25, 0.3) is 11.5 Å². The van der Waals surface area contributed by atoms with Gasteiger partial charge in [-0.3, -0.25) is 9.59 Å². The quantitative estimate of drug-likeness (QED) is 0.124. The molecule has 1 atom stereocenters. The lowest BCUT2D eigenvalue weighted by molar-refractivity contribution is -0.173. The number of esters is 1. The van der Waals surface area contributed by atoms with Gasteiger partial charge in [-0.25, -0.2) is 24.5 Å². The van der Waals surface area contributed by atoms with Crippen molar-refractivity contribution >= 4 is 56.4 Å². The van der Waals surface area contributed by atoms with Crippen LogP contribution in [-0.2, 0) is 39.4 Å². The normalized spacial score (nSPS) is 17.2. The third-order valence-corrected chi connectivity index (χ3v) is 13.1. The number of piperidine rings is 1. The van der Waals surface area contributed by atoms with Crippen molar-refractivity contribution in [1.82, 2.24) is 29.7 Å². The van der Waals surface area contributed by atoms with Crippen molar-refractivity contribution in [3.63, 3.8) is 0 Å². The molecular formula is C45H45N7O8S. The molecule has 7 heterocycles. The number of pyridine rings is 2. The number of nitrogens with zero attached hydrogens (tertiary/aromatic N) is 5. The van der Waals surface area contributed by atoms with Crippen LogP contribution in [0.4, 0.5) is 10.7 Å². The maximum atomic E-state index is 14.1. The van der Waals surface area contributed by atoms with Crippen molar-refractivity contribution in [2.24, 2.45) is 5.92 Å². The Balaban J connectivity index is 0.869. The summed E-state index contributed by atoms with van der Waals surface area (Å²) in [4.78, 5) is 70.8. The van der Waals surface area contributed by atoms with E-state index in [1.54, 1.807) is 46.7 Å². The largest absolute Gasteiger partial charge is 0.508 e. The number of cyclic esters (lactones) is 1. The van der Waals surface area contributed by atoms with Crippen LogP contribution in [0.2, 0.25) is 0 Å². The zero-order chi connectivity index (χ0) is 42.6. The van der Waals surface area contributed by atoms with Crippen molar-refractivity contribution in [1.29, 1.82) is 0 Å². The van der Waals surface area contributed by atoms with Crippen molar-refractivity contribution in [2.75, 3.05) is 32.0 Å². The number of thiophene rings is 1. The summed E-state index contributed by atoms with van der Waals surface area (Å²) in [6.45, 7) is 7.52. The number of carbonyl (C=O) groups is 3. The molecule has 6 aromatic rings. The molecule has 0 bridgehead atoms. The highest BCUT2D eigenvalue weighted by Crippen LogP contribution is 2.43. The summed E-state index contributed by atoms with van der Waals surface area (Å²) in [5.74, 6) is 0.322. The lowest BCUT2D eigenvalue weighted by atomic mass is 9.85. The molecule has 0 saturated carbocycles. The number of fused-ring (bicyclic) bond motifs is 6. The molecular weight excluding hydrogens is 799 g/mol. The van der Waals surface area contributed by atoms with Crippen LogP contribution in [0.25, 0.3) is 43.8 Å². The Morgan fingerprint density at radius 3 is 2.59 bits per heavy atom. The molecule has 0 unspecified atom stereocenters. The van der Waals surface area contributed by atoms with E-state index in [-0.39, 0.29) is 54.2 Å². The zero-order valence-corrected chi connectivity index (χ0v) is 34.9. The first-order chi connectivity index (χ1) is 29.5. The van der Waals surface area contributed by atoms with E-state index in [1.807, 2.05) is 38.1 Å². The molecule has 16 heteroatoms. The van der Waals surface area contributed by atoms with Gasteiger partial charge in [0.15, 0.2) is 0 Å². The van der Waals surface area contributed by atoms with E-state index in [0.717, 1.165) is 33.9 Å². The molecule has 9 rings (SSSR count). The first-order valence-corrected chi connectivity index (χ1v) is 21.5. The van der Waals surface area contributed by atoms with Gasteiger partial charge < -0.3 is 39.8 Å². The predicted molar refractivity (Wildman–Crippen MR) is 230 cm³/mol. The van der Waals surface area contributed by atoms with Gasteiger partial charge in [0.05, 0.1) is 46.2 Å². The Kier molecular flexibility index (Phi) is 10.3. The van der Waals surface area contributed by atoms with Gasteiger partial charge in [0.2, 0.25) is 11.5 Å². The lowest BCUT2D eigenvalue weighted by Crippen LogP contribution is -2.50. The first-order valence-electron chi connectivity index (χ1n) is 20.7. The number of likely N-dealkylation sites (tertiary alicyclic amines) is 1.